The third kappa shape index (κ3) is 4.18. The van der Waals surface area contributed by atoms with E-state index in [9.17, 15) is 9.59 Å². The highest BCUT2D eigenvalue weighted by atomic mass is 16.5. The van der Waals surface area contributed by atoms with E-state index >= 15 is 0 Å². The molecule has 5 heteroatoms. The molecule has 134 valence electrons. The lowest BCUT2D eigenvalue weighted by Gasteiger charge is -2.22. The lowest BCUT2D eigenvalue weighted by Crippen LogP contribution is -2.34. The van der Waals surface area contributed by atoms with Crippen molar-refractivity contribution >= 4 is 16.8 Å². The van der Waals surface area contributed by atoms with E-state index in [2.05, 4.69) is 4.98 Å². The maximum absolute atomic E-state index is 12.5. The van der Waals surface area contributed by atoms with Crippen molar-refractivity contribution in [3.8, 4) is 0 Å². The first-order valence-corrected chi connectivity index (χ1v) is 8.50. The minimum atomic E-state index is -0.176. The third-order valence-corrected chi connectivity index (χ3v) is 4.27. The molecule has 1 aromatic heterocycles. The van der Waals surface area contributed by atoms with Gasteiger partial charge in [0.15, 0.2) is 0 Å². The molecule has 0 saturated carbocycles. The zero-order valence-electron chi connectivity index (χ0n) is 15.0. The number of methoxy groups -OCH3 is 1. The lowest BCUT2D eigenvalue weighted by molar-refractivity contribution is -0.136. The molecule has 1 amide bonds. The maximum atomic E-state index is 12.5. The van der Waals surface area contributed by atoms with Crippen molar-refractivity contribution in [3.63, 3.8) is 0 Å². The summed E-state index contributed by atoms with van der Waals surface area (Å²) in [6, 6.07) is 17.4. The van der Waals surface area contributed by atoms with Crippen molar-refractivity contribution in [2.75, 3.05) is 13.7 Å². The van der Waals surface area contributed by atoms with Gasteiger partial charge in [0.1, 0.15) is 6.61 Å². The Morgan fingerprint density at radius 1 is 1.08 bits per heavy atom. The zero-order valence-corrected chi connectivity index (χ0v) is 15.0. The summed E-state index contributed by atoms with van der Waals surface area (Å²) in [4.78, 5) is 29.5. The van der Waals surface area contributed by atoms with Crippen LogP contribution < -0.4 is 5.56 Å². The first-order valence-electron chi connectivity index (χ1n) is 8.50. The van der Waals surface area contributed by atoms with Crippen LogP contribution in [0.3, 0.4) is 0 Å². The van der Waals surface area contributed by atoms with E-state index in [1.54, 1.807) is 4.90 Å². The number of aromatic nitrogens is 1. The van der Waals surface area contributed by atoms with Crippen LogP contribution in [0.5, 0.6) is 0 Å². The molecule has 2 aromatic carbocycles. The minimum Gasteiger partial charge on any atom is -0.375 e. The number of aryl methyl sites for hydroxylation is 1. The van der Waals surface area contributed by atoms with Gasteiger partial charge in [0.2, 0.25) is 5.91 Å². The molecule has 0 aliphatic heterocycles. The van der Waals surface area contributed by atoms with Crippen LogP contribution in [0.4, 0.5) is 0 Å². The van der Waals surface area contributed by atoms with Crippen molar-refractivity contribution in [2.45, 2.75) is 20.0 Å². The molecule has 1 heterocycles. The number of amides is 1. The Kier molecular flexibility index (Phi) is 5.49. The molecule has 0 spiro atoms. The summed E-state index contributed by atoms with van der Waals surface area (Å²) in [6.45, 7) is 2.65. The molecule has 3 aromatic rings. The smallest absolute Gasteiger partial charge is 0.253 e. The normalized spacial score (nSPS) is 10.8. The molecule has 0 aliphatic rings. The van der Waals surface area contributed by atoms with E-state index in [1.165, 1.54) is 7.11 Å². The Balaban J connectivity index is 1.92. The number of pyridine rings is 1. The zero-order chi connectivity index (χ0) is 18.5. The predicted octanol–water partition coefficient (Wildman–Crippen LogP) is 3.01. The summed E-state index contributed by atoms with van der Waals surface area (Å²) in [7, 11) is 1.49. The fourth-order valence-corrected chi connectivity index (χ4v) is 2.95. The van der Waals surface area contributed by atoms with Gasteiger partial charge >= 0.3 is 0 Å². The molecular formula is C21H22N2O3. The van der Waals surface area contributed by atoms with Gasteiger partial charge in [-0.05, 0) is 36.1 Å². The van der Waals surface area contributed by atoms with Gasteiger partial charge in [0.25, 0.3) is 5.56 Å². The fraction of sp³-hybridized carbons (Fsp3) is 0.238. The van der Waals surface area contributed by atoms with Gasteiger partial charge in [-0.25, -0.2) is 0 Å². The van der Waals surface area contributed by atoms with Crippen LogP contribution in [-0.4, -0.2) is 29.5 Å². The molecule has 1 N–H and O–H groups in total. The summed E-state index contributed by atoms with van der Waals surface area (Å²) in [5.41, 5.74) is 3.30. The van der Waals surface area contributed by atoms with Gasteiger partial charge in [-0.15, -0.1) is 0 Å². The van der Waals surface area contributed by atoms with Gasteiger partial charge in [-0.2, -0.15) is 0 Å². The molecule has 0 saturated heterocycles. The summed E-state index contributed by atoms with van der Waals surface area (Å²) >= 11 is 0. The topological polar surface area (TPSA) is 62.4 Å². The number of carbonyl (C=O) groups excluding carboxylic acids is 1. The largest absolute Gasteiger partial charge is 0.375 e. The molecule has 26 heavy (non-hydrogen) atoms. The molecule has 0 radical (unpaired) electrons. The lowest BCUT2D eigenvalue weighted by atomic mass is 10.1. The van der Waals surface area contributed by atoms with Gasteiger partial charge in [-0.3, -0.25) is 9.59 Å². The Bertz CT molecular complexity index is 964. The summed E-state index contributed by atoms with van der Waals surface area (Å²) in [5.74, 6) is -0.153. The Labute approximate surface area is 152 Å². The monoisotopic (exact) mass is 350 g/mol. The van der Waals surface area contributed by atoms with Gasteiger partial charge in [0.05, 0.1) is 6.54 Å². The van der Waals surface area contributed by atoms with Crippen LogP contribution in [0.2, 0.25) is 0 Å². The fourth-order valence-electron chi connectivity index (χ4n) is 2.95. The van der Waals surface area contributed by atoms with E-state index in [1.807, 2.05) is 61.5 Å². The van der Waals surface area contributed by atoms with Crippen LogP contribution in [0.25, 0.3) is 10.9 Å². The second kappa shape index (κ2) is 7.97. The number of nitrogens with one attached hydrogen (secondary N) is 1. The highest BCUT2D eigenvalue weighted by Crippen LogP contribution is 2.15. The standard InChI is InChI=1S/C21H22N2O3/c1-15-8-9-19-17(10-15)11-18(21(25)22-19)13-23(20(24)14-26-2)12-16-6-4-3-5-7-16/h3-11H,12-14H2,1-2H3,(H,22,25). The highest BCUT2D eigenvalue weighted by molar-refractivity contribution is 5.80. The molecular weight excluding hydrogens is 328 g/mol. The Morgan fingerprint density at radius 3 is 2.58 bits per heavy atom. The number of H-pyrrole nitrogens is 1. The van der Waals surface area contributed by atoms with E-state index in [4.69, 9.17) is 4.74 Å². The number of benzene rings is 2. The van der Waals surface area contributed by atoms with Crippen LogP contribution in [0.1, 0.15) is 16.7 Å². The van der Waals surface area contributed by atoms with Crippen molar-refractivity contribution < 1.29 is 9.53 Å². The average molecular weight is 350 g/mol. The number of hydrogen-bond donors (Lipinski definition) is 1. The first-order chi connectivity index (χ1) is 12.6. The average Bonchev–Trinajstić information content (AvgIpc) is 2.63. The van der Waals surface area contributed by atoms with Gasteiger partial charge < -0.3 is 14.6 Å². The number of nitrogens with zero attached hydrogens (tertiary/aromatic N) is 1. The SMILES string of the molecule is COCC(=O)N(Cc1ccccc1)Cc1cc2cc(C)ccc2[nH]c1=O. The summed E-state index contributed by atoms with van der Waals surface area (Å²) in [5, 5.41) is 0.957. The maximum Gasteiger partial charge on any atom is 0.253 e. The van der Waals surface area contributed by atoms with E-state index in [0.29, 0.717) is 12.1 Å². The van der Waals surface area contributed by atoms with Crippen molar-refractivity contribution in [3.05, 3.63) is 81.6 Å². The number of aromatic amines is 1. The second-order valence-corrected chi connectivity index (χ2v) is 6.38. The van der Waals surface area contributed by atoms with E-state index < -0.39 is 0 Å². The number of fused-ring (bicyclic) bond motifs is 1. The van der Waals surface area contributed by atoms with Gasteiger partial charge in [0, 0.05) is 24.7 Å². The number of rotatable bonds is 6. The molecule has 3 rings (SSSR count). The molecule has 0 atom stereocenters. The summed E-state index contributed by atoms with van der Waals surface area (Å²) < 4.78 is 5.00. The first kappa shape index (κ1) is 17.9. The number of ether oxygens (including phenoxy) is 1. The van der Waals surface area contributed by atoms with Crippen molar-refractivity contribution in [2.24, 2.45) is 0 Å². The number of carbonyl (C=O) groups is 1. The quantitative estimate of drug-likeness (QED) is 0.743. The number of hydrogen-bond acceptors (Lipinski definition) is 3. The highest BCUT2D eigenvalue weighted by Gasteiger charge is 2.16. The molecule has 0 bridgehead atoms. The molecule has 0 aliphatic carbocycles. The van der Waals surface area contributed by atoms with E-state index in [-0.39, 0.29) is 24.6 Å². The second-order valence-electron chi connectivity index (χ2n) is 6.38. The minimum absolute atomic E-state index is 0.0164. The van der Waals surface area contributed by atoms with Crippen LogP contribution in [0, 0.1) is 6.92 Å². The molecule has 0 fully saturated rings. The van der Waals surface area contributed by atoms with Gasteiger partial charge in [-0.1, -0.05) is 42.0 Å². The van der Waals surface area contributed by atoms with Crippen LogP contribution in [0.15, 0.2) is 59.4 Å². The predicted molar refractivity (Wildman–Crippen MR) is 102 cm³/mol. The summed E-state index contributed by atoms with van der Waals surface area (Å²) in [6.07, 6.45) is 0. The van der Waals surface area contributed by atoms with Crippen LogP contribution >= 0.6 is 0 Å². The Morgan fingerprint density at radius 2 is 1.85 bits per heavy atom. The van der Waals surface area contributed by atoms with Crippen molar-refractivity contribution in [1.82, 2.24) is 9.88 Å². The molecule has 5 nitrogen and oxygen atoms in total. The van der Waals surface area contributed by atoms with Crippen molar-refractivity contribution in [1.29, 1.82) is 0 Å². The third-order valence-electron chi connectivity index (χ3n) is 4.27. The Hall–Kier alpha value is -2.92. The van der Waals surface area contributed by atoms with Crippen LogP contribution in [-0.2, 0) is 22.6 Å². The molecule has 0 unspecified atom stereocenters. The van der Waals surface area contributed by atoms with E-state index in [0.717, 1.165) is 22.0 Å².